The predicted octanol–water partition coefficient (Wildman–Crippen LogP) is 1.41. The van der Waals surface area contributed by atoms with Gasteiger partial charge in [-0.25, -0.2) is 4.98 Å². The van der Waals surface area contributed by atoms with Gasteiger partial charge in [0.15, 0.2) is 5.65 Å². The monoisotopic (exact) mass is 385 g/mol. The van der Waals surface area contributed by atoms with Crippen LogP contribution in [0.25, 0.3) is 11.0 Å². The number of rotatable bonds is 7. The lowest BCUT2D eigenvalue weighted by Crippen LogP contribution is -2.29. The first-order valence-corrected chi connectivity index (χ1v) is 8.83. The van der Waals surface area contributed by atoms with E-state index in [-0.39, 0.29) is 30.5 Å². The average Bonchev–Trinajstić information content (AvgIpc) is 3.08. The van der Waals surface area contributed by atoms with E-state index in [4.69, 9.17) is 9.47 Å². The van der Waals surface area contributed by atoms with Crippen LogP contribution in [-0.4, -0.2) is 39.5 Å². The summed E-state index contributed by atoms with van der Waals surface area (Å²) >= 11 is 0. The lowest BCUT2D eigenvalue weighted by molar-refractivity contribution is -0.122. The molecule has 1 amide bonds. The Hall–Kier alpha value is -3.36. The van der Waals surface area contributed by atoms with E-state index in [1.165, 1.54) is 21.8 Å². The third-order valence-electron chi connectivity index (χ3n) is 4.58. The van der Waals surface area contributed by atoms with E-state index < -0.39 is 0 Å². The number of nitrogens with one attached hydrogen (secondary N) is 1. The smallest absolute Gasteiger partial charge is 0.264 e. The van der Waals surface area contributed by atoms with Crippen molar-refractivity contribution in [1.82, 2.24) is 24.6 Å². The molecule has 3 rings (SSSR count). The molecule has 1 aromatic carbocycles. The van der Waals surface area contributed by atoms with E-state index in [1.54, 1.807) is 33.4 Å². The van der Waals surface area contributed by atoms with Crippen molar-refractivity contribution in [3.63, 3.8) is 0 Å². The van der Waals surface area contributed by atoms with Crippen molar-refractivity contribution in [3.05, 3.63) is 46.6 Å². The summed E-state index contributed by atoms with van der Waals surface area (Å²) in [5.41, 5.74) is 1.11. The van der Waals surface area contributed by atoms with Gasteiger partial charge in [-0.1, -0.05) is 0 Å². The maximum Gasteiger partial charge on any atom is 0.264 e. The van der Waals surface area contributed by atoms with E-state index in [0.29, 0.717) is 22.5 Å². The number of ether oxygens (including phenoxy) is 2. The first-order chi connectivity index (χ1) is 13.4. The van der Waals surface area contributed by atoms with Gasteiger partial charge in [-0.15, -0.1) is 0 Å². The second-order valence-corrected chi connectivity index (χ2v) is 6.40. The molecule has 1 atom stereocenters. The third-order valence-corrected chi connectivity index (χ3v) is 4.58. The number of carbonyl (C=O) groups excluding carboxylic acids is 1. The minimum absolute atomic E-state index is 0.143. The van der Waals surface area contributed by atoms with E-state index >= 15 is 0 Å². The molecule has 9 heteroatoms. The molecule has 2 aromatic heterocycles. The zero-order valence-electron chi connectivity index (χ0n) is 16.3. The molecule has 0 radical (unpaired) electrons. The molecule has 0 unspecified atom stereocenters. The lowest BCUT2D eigenvalue weighted by atomic mass is 10.1. The Morgan fingerprint density at radius 3 is 2.79 bits per heavy atom. The molecule has 2 heterocycles. The van der Waals surface area contributed by atoms with E-state index in [9.17, 15) is 9.59 Å². The Morgan fingerprint density at radius 2 is 2.07 bits per heavy atom. The number of methoxy groups -OCH3 is 2. The fourth-order valence-electron chi connectivity index (χ4n) is 3.02. The number of aromatic nitrogens is 4. The van der Waals surface area contributed by atoms with Crippen molar-refractivity contribution in [2.75, 3.05) is 14.2 Å². The normalized spacial score (nSPS) is 12.0. The molecule has 0 fully saturated rings. The molecule has 148 valence electrons. The fourth-order valence-corrected chi connectivity index (χ4v) is 3.02. The van der Waals surface area contributed by atoms with Crippen molar-refractivity contribution in [1.29, 1.82) is 0 Å². The van der Waals surface area contributed by atoms with Gasteiger partial charge in [0.1, 0.15) is 16.9 Å². The van der Waals surface area contributed by atoms with E-state index in [2.05, 4.69) is 15.4 Å². The number of aryl methyl sites for hydroxylation is 2. The van der Waals surface area contributed by atoms with Gasteiger partial charge >= 0.3 is 0 Å². The topological polar surface area (TPSA) is 100 Å². The maximum atomic E-state index is 12.5. The van der Waals surface area contributed by atoms with Gasteiger partial charge in [-0.3, -0.25) is 18.8 Å². The largest absolute Gasteiger partial charge is 0.497 e. The number of nitrogens with zero attached hydrogens (tertiary/aromatic N) is 4. The second-order valence-electron chi connectivity index (χ2n) is 6.40. The molecular weight excluding hydrogens is 362 g/mol. The number of carbonyl (C=O) groups is 1. The van der Waals surface area contributed by atoms with Gasteiger partial charge in [0, 0.05) is 25.6 Å². The number of amides is 1. The van der Waals surface area contributed by atoms with Crippen molar-refractivity contribution < 1.29 is 14.3 Å². The van der Waals surface area contributed by atoms with E-state index in [1.807, 2.05) is 13.0 Å². The van der Waals surface area contributed by atoms with Crippen LogP contribution >= 0.6 is 0 Å². The summed E-state index contributed by atoms with van der Waals surface area (Å²) in [6.07, 6.45) is 3.07. The highest BCUT2D eigenvalue weighted by Gasteiger charge is 2.16. The molecule has 0 bridgehead atoms. The first kappa shape index (κ1) is 19.4. The molecule has 0 aliphatic heterocycles. The summed E-state index contributed by atoms with van der Waals surface area (Å²) in [5, 5.41) is 7.39. The predicted molar refractivity (Wildman–Crippen MR) is 103 cm³/mol. The highest BCUT2D eigenvalue weighted by atomic mass is 16.5. The maximum absolute atomic E-state index is 12.5. The number of hydrogen-bond acceptors (Lipinski definition) is 6. The first-order valence-electron chi connectivity index (χ1n) is 8.83. The van der Waals surface area contributed by atoms with Crippen LogP contribution in [-0.2, 0) is 18.4 Å². The fraction of sp³-hybridized carbons (Fsp3) is 0.368. The molecule has 0 saturated heterocycles. The van der Waals surface area contributed by atoms with Crippen LogP contribution in [0.5, 0.6) is 11.5 Å². The SMILES string of the molecule is COc1ccc(OC)c([C@H](C)NC(=O)CCn2cnc3c(cnn3C)c2=O)c1. The van der Waals surface area contributed by atoms with E-state index in [0.717, 1.165) is 5.56 Å². The summed E-state index contributed by atoms with van der Waals surface area (Å²) in [4.78, 5) is 29.1. The Bertz CT molecular complexity index is 1060. The quantitative estimate of drug-likeness (QED) is 0.660. The van der Waals surface area contributed by atoms with Gasteiger partial charge < -0.3 is 14.8 Å². The van der Waals surface area contributed by atoms with Crippen molar-refractivity contribution >= 4 is 16.9 Å². The molecule has 1 N–H and O–H groups in total. The Labute approximate surface area is 161 Å². The summed E-state index contributed by atoms with van der Waals surface area (Å²) in [7, 11) is 4.88. The van der Waals surface area contributed by atoms with Gasteiger partial charge in [-0.2, -0.15) is 5.10 Å². The molecule has 0 aliphatic carbocycles. The minimum atomic E-state index is -0.284. The van der Waals surface area contributed by atoms with Gasteiger partial charge in [0.2, 0.25) is 5.91 Å². The zero-order valence-corrected chi connectivity index (χ0v) is 16.3. The van der Waals surface area contributed by atoms with Gasteiger partial charge in [0.25, 0.3) is 5.56 Å². The second kappa shape index (κ2) is 8.12. The summed E-state index contributed by atoms with van der Waals surface area (Å²) < 4.78 is 13.6. The Morgan fingerprint density at radius 1 is 1.29 bits per heavy atom. The summed E-state index contributed by atoms with van der Waals surface area (Å²) in [6.45, 7) is 2.09. The number of hydrogen-bond donors (Lipinski definition) is 1. The van der Waals surface area contributed by atoms with Crippen molar-refractivity contribution in [3.8, 4) is 11.5 Å². The Balaban J connectivity index is 1.68. The van der Waals surface area contributed by atoms with Crippen LogP contribution in [0.4, 0.5) is 0 Å². The average molecular weight is 385 g/mol. The molecule has 3 aromatic rings. The molecule has 9 nitrogen and oxygen atoms in total. The van der Waals surface area contributed by atoms with Crippen LogP contribution in [0.15, 0.2) is 35.5 Å². The van der Waals surface area contributed by atoms with Crippen LogP contribution in [0, 0.1) is 0 Å². The highest BCUT2D eigenvalue weighted by molar-refractivity contribution is 5.76. The van der Waals surface area contributed by atoms with Crippen molar-refractivity contribution in [2.45, 2.75) is 25.9 Å². The van der Waals surface area contributed by atoms with Crippen molar-refractivity contribution in [2.24, 2.45) is 7.05 Å². The zero-order chi connectivity index (χ0) is 20.3. The summed E-state index contributed by atoms with van der Waals surface area (Å²) in [5.74, 6) is 1.16. The van der Waals surface area contributed by atoms with Crippen LogP contribution in [0.3, 0.4) is 0 Å². The Kier molecular flexibility index (Phi) is 5.62. The molecular formula is C19H23N5O4. The van der Waals surface area contributed by atoms with Gasteiger partial charge in [0.05, 0.1) is 32.8 Å². The van der Waals surface area contributed by atoms with Crippen LogP contribution in [0.2, 0.25) is 0 Å². The number of fused-ring (bicyclic) bond motifs is 1. The van der Waals surface area contributed by atoms with Crippen LogP contribution in [0.1, 0.15) is 24.9 Å². The third kappa shape index (κ3) is 3.83. The molecule has 0 saturated carbocycles. The standard InChI is InChI=1S/C19H23N5O4/c1-12(14-9-13(27-3)5-6-16(14)28-4)22-17(25)7-8-24-11-20-18-15(19(24)26)10-21-23(18)2/h5-6,9-12H,7-8H2,1-4H3,(H,22,25)/t12-/m0/s1. The number of benzene rings is 1. The van der Waals surface area contributed by atoms with Gasteiger partial charge in [-0.05, 0) is 25.1 Å². The molecule has 0 spiro atoms. The summed E-state index contributed by atoms with van der Waals surface area (Å²) in [6, 6.07) is 5.14. The minimum Gasteiger partial charge on any atom is -0.497 e. The highest BCUT2D eigenvalue weighted by Crippen LogP contribution is 2.29. The molecule has 0 aliphatic rings. The molecule has 28 heavy (non-hydrogen) atoms. The lowest BCUT2D eigenvalue weighted by Gasteiger charge is -2.18. The van der Waals surface area contributed by atoms with Crippen LogP contribution < -0.4 is 20.3 Å².